The van der Waals surface area contributed by atoms with Crippen LogP contribution >= 0.6 is 0 Å². The molecule has 4 heterocycles. The highest BCUT2D eigenvalue weighted by atomic mass is 19.1. The minimum absolute atomic E-state index is 0.0237. The van der Waals surface area contributed by atoms with Gasteiger partial charge in [0.15, 0.2) is 11.6 Å². The van der Waals surface area contributed by atoms with Crippen molar-refractivity contribution in [2.24, 2.45) is 0 Å². The Balaban J connectivity index is 1.48. The Kier molecular flexibility index (Phi) is 5.15. The van der Waals surface area contributed by atoms with Gasteiger partial charge in [0.05, 0.1) is 19.3 Å². The number of pyridine rings is 1. The third kappa shape index (κ3) is 3.67. The Morgan fingerprint density at radius 2 is 2.00 bits per heavy atom. The summed E-state index contributed by atoms with van der Waals surface area (Å²) in [6.45, 7) is 1.99. The summed E-state index contributed by atoms with van der Waals surface area (Å²) in [4.78, 5) is 7.60. The van der Waals surface area contributed by atoms with Crippen molar-refractivity contribution in [1.82, 2.24) is 25.1 Å². The van der Waals surface area contributed by atoms with Crippen molar-refractivity contribution in [2.75, 3.05) is 20.2 Å². The van der Waals surface area contributed by atoms with Crippen LogP contribution in [0.15, 0.2) is 43.0 Å². The molecule has 0 aliphatic carbocycles. The van der Waals surface area contributed by atoms with Crippen molar-refractivity contribution in [3.8, 4) is 16.9 Å². The van der Waals surface area contributed by atoms with Gasteiger partial charge in [0, 0.05) is 47.1 Å². The molecule has 1 saturated heterocycles. The maximum absolute atomic E-state index is 14.6. The molecule has 3 aromatic heterocycles. The Morgan fingerprint density at radius 3 is 2.81 bits per heavy atom. The van der Waals surface area contributed by atoms with Crippen LogP contribution in [0.4, 0.5) is 8.78 Å². The first-order chi connectivity index (χ1) is 15.1. The highest BCUT2D eigenvalue weighted by Gasteiger charge is 2.19. The zero-order chi connectivity index (χ0) is 21.4. The van der Waals surface area contributed by atoms with Crippen LogP contribution in [0.1, 0.15) is 30.0 Å². The number of H-pyrrole nitrogens is 1. The topological polar surface area (TPSA) is 67.8 Å². The highest BCUT2D eigenvalue weighted by molar-refractivity contribution is 5.84. The molecule has 1 aromatic carbocycles. The minimum Gasteiger partial charge on any atom is -0.494 e. The number of halogens is 2. The summed E-state index contributed by atoms with van der Waals surface area (Å²) in [6.07, 6.45) is 9.63. The van der Waals surface area contributed by atoms with Gasteiger partial charge in [-0.15, -0.1) is 0 Å². The maximum atomic E-state index is 14.6. The number of fused-ring (bicyclic) bond motifs is 1. The number of ether oxygens (including phenoxy) is 1. The van der Waals surface area contributed by atoms with Crippen LogP contribution < -0.4 is 10.1 Å². The molecule has 31 heavy (non-hydrogen) atoms. The summed E-state index contributed by atoms with van der Waals surface area (Å²) >= 11 is 0. The van der Waals surface area contributed by atoms with Crippen LogP contribution in [0, 0.1) is 11.6 Å². The molecule has 8 heteroatoms. The Bertz CT molecular complexity index is 1230. The zero-order valence-electron chi connectivity index (χ0n) is 17.2. The fourth-order valence-corrected chi connectivity index (χ4v) is 4.21. The summed E-state index contributed by atoms with van der Waals surface area (Å²) in [7, 11) is 1.37. The molecule has 5 rings (SSSR count). The maximum Gasteiger partial charge on any atom is 0.171 e. The lowest BCUT2D eigenvalue weighted by Gasteiger charge is -2.22. The largest absolute Gasteiger partial charge is 0.494 e. The van der Waals surface area contributed by atoms with E-state index in [9.17, 15) is 8.78 Å². The van der Waals surface area contributed by atoms with Gasteiger partial charge in [0.2, 0.25) is 0 Å². The quantitative estimate of drug-likeness (QED) is 0.504. The standard InChI is InChI=1S/C23H23F2N5O/c1-31-21-3-2-20(24)19(22(21)25)9-15-11-28-23-18(15)8-14(10-27-23)16-12-29-30(13-16)17-4-6-26-7-5-17/h2-3,8,10-13,17,26H,4-7,9H2,1H3,(H,27,28). The number of aromatic nitrogens is 4. The van der Waals surface area contributed by atoms with Gasteiger partial charge < -0.3 is 15.0 Å². The van der Waals surface area contributed by atoms with Gasteiger partial charge in [-0.25, -0.2) is 13.8 Å². The summed E-state index contributed by atoms with van der Waals surface area (Å²) < 4.78 is 36.0. The Morgan fingerprint density at radius 1 is 1.16 bits per heavy atom. The lowest BCUT2D eigenvalue weighted by molar-refractivity contribution is 0.343. The van der Waals surface area contributed by atoms with Gasteiger partial charge >= 0.3 is 0 Å². The highest BCUT2D eigenvalue weighted by Crippen LogP contribution is 2.30. The summed E-state index contributed by atoms with van der Waals surface area (Å²) in [6, 6.07) is 4.91. The van der Waals surface area contributed by atoms with E-state index in [0.717, 1.165) is 48.0 Å². The van der Waals surface area contributed by atoms with Crippen molar-refractivity contribution < 1.29 is 13.5 Å². The van der Waals surface area contributed by atoms with E-state index in [-0.39, 0.29) is 17.7 Å². The average molecular weight is 423 g/mol. The molecule has 4 aromatic rings. The fraction of sp³-hybridized carbons (Fsp3) is 0.304. The fourth-order valence-electron chi connectivity index (χ4n) is 4.21. The first-order valence-corrected chi connectivity index (χ1v) is 10.4. The molecule has 1 aliphatic rings. The number of aromatic amines is 1. The molecule has 6 nitrogen and oxygen atoms in total. The molecule has 1 aliphatic heterocycles. The van der Waals surface area contributed by atoms with E-state index in [1.54, 1.807) is 12.4 Å². The third-order valence-corrected chi connectivity index (χ3v) is 5.97. The van der Waals surface area contributed by atoms with Crippen LogP contribution in [0.3, 0.4) is 0 Å². The number of hydrogen-bond donors (Lipinski definition) is 2. The third-order valence-electron chi connectivity index (χ3n) is 5.97. The van der Waals surface area contributed by atoms with Crippen molar-refractivity contribution in [3.05, 3.63) is 65.7 Å². The van der Waals surface area contributed by atoms with Crippen molar-refractivity contribution >= 4 is 11.0 Å². The molecule has 2 N–H and O–H groups in total. The van der Waals surface area contributed by atoms with Gasteiger partial charge in [-0.2, -0.15) is 5.10 Å². The van der Waals surface area contributed by atoms with Crippen LogP contribution in [-0.4, -0.2) is 39.9 Å². The lowest BCUT2D eigenvalue weighted by Crippen LogP contribution is -2.29. The number of hydrogen-bond acceptors (Lipinski definition) is 4. The zero-order valence-corrected chi connectivity index (χ0v) is 17.2. The van der Waals surface area contributed by atoms with Crippen molar-refractivity contribution in [2.45, 2.75) is 25.3 Å². The second-order valence-corrected chi connectivity index (χ2v) is 7.84. The van der Waals surface area contributed by atoms with Gasteiger partial charge in [-0.1, -0.05) is 0 Å². The molecular weight excluding hydrogens is 400 g/mol. The molecule has 0 spiro atoms. The summed E-state index contributed by atoms with van der Waals surface area (Å²) in [5.74, 6) is -1.25. The number of rotatable bonds is 5. The van der Waals surface area contributed by atoms with Crippen LogP contribution in [-0.2, 0) is 6.42 Å². The molecule has 0 radical (unpaired) electrons. The van der Waals surface area contributed by atoms with Gasteiger partial charge in [0.25, 0.3) is 0 Å². The normalized spacial score (nSPS) is 14.9. The number of piperidine rings is 1. The van der Waals surface area contributed by atoms with Crippen LogP contribution in [0.25, 0.3) is 22.2 Å². The molecule has 0 unspecified atom stereocenters. The van der Waals surface area contributed by atoms with E-state index < -0.39 is 11.6 Å². The second-order valence-electron chi connectivity index (χ2n) is 7.84. The van der Waals surface area contributed by atoms with E-state index in [1.807, 2.05) is 23.1 Å². The van der Waals surface area contributed by atoms with E-state index in [1.165, 1.54) is 19.2 Å². The van der Waals surface area contributed by atoms with E-state index in [0.29, 0.717) is 11.7 Å². The van der Waals surface area contributed by atoms with E-state index in [4.69, 9.17) is 4.74 Å². The predicted molar refractivity (Wildman–Crippen MR) is 114 cm³/mol. The first kappa shape index (κ1) is 19.7. The number of methoxy groups -OCH3 is 1. The second kappa shape index (κ2) is 8.11. The first-order valence-electron chi connectivity index (χ1n) is 10.4. The smallest absolute Gasteiger partial charge is 0.171 e. The monoisotopic (exact) mass is 423 g/mol. The number of nitrogens with one attached hydrogen (secondary N) is 2. The van der Waals surface area contributed by atoms with Gasteiger partial charge in [-0.3, -0.25) is 4.68 Å². The summed E-state index contributed by atoms with van der Waals surface area (Å²) in [5.41, 5.74) is 3.30. The Labute approximate surface area is 178 Å². The molecule has 0 atom stereocenters. The van der Waals surface area contributed by atoms with Crippen LogP contribution in [0.5, 0.6) is 5.75 Å². The molecule has 0 amide bonds. The lowest BCUT2D eigenvalue weighted by atomic mass is 10.0. The molecular formula is C23H23F2N5O. The van der Waals surface area contributed by atoms with E-state index >= 15 is 0 Å². The predicted octanol–water partition coefficient (Wildman–Crippen LogP) is 4.23. The number of nitrogens with zero attached hydrogens (tertiary/aromatic N) is 3. The van der Waals surface area contributed by atoms with Gasteiger partial charge in [0.1, 0.15) is 11.5 Å². The minimum atomic E-state index is -0.677. The molecule has 0 bridgehead atoms. The molecule has 0 saturated carbocycles. The van der Waals surface area contributed by atoms with Gasteiger partial charge in [-0.05, 0) is 49.7 Å². The summed E-state index contributed by atoms with van der Waals surface area (Å²) in [5, 5.41) is 8.75. The molecule has 160 valence electrons. The van der Waals surface area contributed by atoms with Crippen LogP contribution in [0.2, 0.25) is 0 Å². The van der Waals surface area contributed by atoms with Crippen molar-refractivity contribution in [3.63, 3.8) is 0 Å². The van der Waals surface area contributed by atoms with Crippen molar-refractivity contribution in [1.29, 1.82) is 0 Å². The molecule has 1 fully saturated rings. The number of benzene rings is 1. The Hall–Kier alpha value is -3.26. The SMILES string of the molecule is COc1ccc(F)c(Cc2c[nH]c3ncc(-c4cnn(C5CCNCC5)c4)cc23)c1F. The van der Waals surface area contributed by atoms with E-state index in [2.05, 4.69) is 20.4 Å². The average Bonchev–Trinajstić information content (AvgIpc) is 3.45.